The van der Waals surface area contributed by atoms with Gasteiger partial charge in [0, 0.05) is 22.7 Å². The minimum absolute atomic E-state index is 0.0620. The Kier molecular flexibility index (Phi) is 3.88. The van der Waals surface area contributed by atoms with Crippen LogP contribution in [0.15, 0.2) is 48.5 Å². The van der Waals surface area contributed by atoms with Crippen LogP contribution in [0, 0.1) is 10.1 Å². The van der Waals surface area contributed by atoms with E-state index in [-0.39, 0.29) is 11.8 Å². The average Bonchev–Trinajstić information content (AvgIpc) is 2.98. The number of nitro benzene ring substituents is 1. The van der Waals surface area contributed by atoms with Crippen LogP contribution in [0.5, 0.6) is 0 Å². The highest BCUT2D eigenvalue weighted by atomic mass is 35.5. The Morgan fingerprint density at radius 1 is 1.05 bits per heavy atom. The summed E-state index contributed by atoms with van der Waals surface area (Å²) in [6.45, 7) is 0.408. The molecule has 0 aromatic heterocycles. The molecule has 1 aliphatic heterocycles. The summed E-state index contributed by atoms with van der Waals surface area (Å²) < 4.78 is 11.5. The third-order valence-corrected chi connectivity index (χ3v) is 3.56. The van der Waals surface area contributed by atoms with E-state index in [9.17, 15) is 10.1 Å². The lowest BCUT2D eigenvalue weighted by atomic mass is 10.1. The Morgan fingerprint density at radius 2 is 1.67 bits per heavy atom. The van der Waals surface area contributed by atoms with Crippen molar-refractivity contribution in [2.75, 3.05) is 6.61 Å². The zero-order chi connectivity index (χ0) is 14.8. The van der Waals surface area contributed by atoms with Gasteiger partial charge in [-0.25, -0.2) is 0 Å². The van der Waals surface area contributed by atoms with E-state index in [4.69, 9.17) is 21.1 Å². The SMILES string of the molecule is O=[N+]([O-])c1ccc([C@H]2CO[C@@H](c3ccc(Cl)cc3)O2)cc1. The van der Waals surface area contributed by atoms with Gasteiger partial charge in [-0.1, -0.05) is 23.7 Å². The molecule has 1 fully saturated rings. The molecule has 2 aromatic rings. The molecular weight excluding hydrogens is 294 g/mol. The molecule has 0 N–H and O–H groups in total. The van der Waals surface area contributed by atoms with E-state index < -0.39 is 11.2 Å². The first-order valence-corrected chi connectivity index (χ1v) is 6.78. The van der Waals surface area contributed by atoms with Gasteiger partial charge >= 0.3 is 0 Å². The van der Waals surface area contributed by atoms with Gasteiger partial charge < -0.3 is 9.47 Å². The minimum Gasteiger partial charge on any atom is -0.345 e. The fraction of sp³-hybridized carbons (Fsp3) is 0.200. The number of nitro groups is 1. The number of halogens is 1. The molecular formula is C15H12ClNO4. The second-order valence-electron chi connectivity index (χ2n) is 4.69. The summed E-state index contributed by atoms with van der Waals surface area (Å²) in [5, 5.41) is 11.3. The van der Waals surface area contributed by atoms with Crippen LogP contribution in [0.3, 0.4) is 0 Å². The predicted molar refractivity (Wildman–Crippen MR) is 77.1 cm³/mol. The highest BCUT2D eigenvalue weighted by molar-refractivity contribution is 6.30. The number of non-ortho nitro benzene ring substituents is 1. The molecule has 1 saturated heterocycles. The molecule has 6 heteroatoms. The molecule has 0 amide bonds. The van der Waals surface area contributed by atoms with E-state index >= 15 is 0 Å². The van der Waals surface area contributed by atoms with Crippen molar-refractivity contribution in [3.05, 3.63) is 74.8 Å². The molecule has 21 heavy (non-hydrogen) atoms. The molecule has 1 heterocycles. The smallest absolute Gasteiger partial charge is 0.269 e. The number of benzene rings is 2. The predicted octanol–water partition coefficient (Wildman–Crippen LogP) is 4.03. The van der Waals surface area contributed by atoms with Gasteiger partial charge in [-0.05, 0) is 29.8 Å². The summed E-state index contributed by atoms with van der Waals surface area (Å²) in [4.78, 5) is 10.2. The number of nitrogens with zero attached hydrogens (tertiary/aromatic N) is 1. The quantitative estimate of drug-likeness (QED) is 0.634. The molecule has 5 nitrogen and oxygen atoms in total. The number of rotatable bonds is 3. The molecule has 0 spiro atoms. The summed E-state index contributed by atoms with van der Waals surface area (Å²) >= 11 is 5.85. The number of ether oxygens (including phenoxy) is 2. The summed E-state index contributed by atoms with van der Waals surface area (Å²) in [5.41, 5.74) is 1.81. The Morgan fingerprint density at radius 3 is 2.29 bits per heavy atom. The van der Waals surface area contributed by atoms with Crippen LogP contribution in [-0.4, -0.2) is 11.5 Å². The van der Waals surface area contributed by atoms with Crippen LogP contribution in [0.25, 0.3) is 0 Å². The van der Waals surface area contributed by atoms with Gasteiger partial charge in [0.15, 0.2) is 6.29 Å². The van der Waals surface area contributed by atoms with Gasteiger partial charge in [0.25, 0.3) is 5.69 Å². The zero-order valence-electron chi connectivity index (χ0n) is 10.9. The second-order valence-corrected chi connectivity index (χ2v) is 5.13. The van der Waals surface area contributed by atoms with E-state index in [0.717, 1.165) is 11.1 Å². The first-order chi connectivity index (χ1) is 10.1. The van der Waals surface area contributed by atoms with Gasteiger partial charge in [-0.3, -0.25) is 10.1 Å². The molecule has 0 unspecified atom stereocenters. The van der Waals surface area contributed by atoms with Crippen molar-refractivity contribution >= 4 is 17.3 Å². The highest BCUT2D eigenvalue weighted by Crippen LogP contribution is 2.35. The van der Waals surface area contributed by atoms with Crippen molar-refractivity contribution in [2.45, 2.75) is 12.4 Å². The molecule has 3 rings (SSSR count). The largest absolute Gasteiger partial charge is 0.345 e. The van der Waals surface area contributed by atoms with Crippen molar-refractivity contribution in [3.8, 4) is 0 Å². The summed E-state index contributed by atoms with van der Waals surface area (Å²) in [5.74, 6) is 0. The maximum absolute atomic E-state index is 10.6. The van der Waals surface area contributed by atoms with Crippen LogP contribution in [0.2, 0.25) is 5.02 Å². The molecule has 0 aliphatic carbocycles. The Bertz CT molecular complexity index is 642. The van der Waals surface area contributed by atoms with Gasteiger partial charge in [0.1, 0.15) is 6.10 Å². The van der Waals surface area contributed by atoms with Crippen LogP contribution >= 0.6 is 11.6 Å². The van der Waals surface area contributed by atoms with E-state index in [1.165, 1.54) is 12.1 Å². The fourth-order valence-electron chi connectivity index (χ4n) is 2.18. The molecule has 2 aromatic carbocycles. The van der Waals surface area contributed by atoms with Crippen molar-refractivity contribution in [1.82, 2.24) is 0 Å². The third kappa shape index (κ3) is 3.05. The lowest BCUT2D eigenvalue weighted by Gasteiger charge is -2.12. The van der Waals surface area contributed by atoms with Crippen molar-refractivity contribution in [1.29, 1.82) is 0 Å². The summed E-state index contributed by atoms with van der Waals surface area (Å²) in [7, 11) is 0. The average molecular weight is 306 g/mol. The fourth-order valence-corrected chi connectivity index (χ4v) is 2.31. The topological polar surface area (TPSA) is 61.6 Å². The third-order valence-electron chi connectivity index (χ3n) is 3.30. The summed E-state index contributed by atoms with van der Waals surface area (Å²) in [6.07, 6.45) is -0.672. The van der Waals surface area contributed by atoms with Gasteiger partial charge in [0.2, 0.25) is 0 Å². The monoisotopic (exact) mass is 305 g/mol. The highest BCUT2D eigenvalue weighted by Gasteiger charge is 2.28. The summed E-state index contributed by atoms with van der Waals surface area (Å²) in [6, 6.07) is 13.6. The maximum Gasteiger partial charge on any atom is 0.269 e. The first kappa shape index (κ1) is 14.0. The normalized spacial score (nSPS) is 21.4. The number of hydrogen-bond acceptors (Lipinski definition) is 4. The first-order valence-electron chi connectivity index (χ1n) is 6.40. The molecule has 0 radical (unpaired) electrons. The molecule has 2 atom stereocenters. The molecule has 0 saturated carbocycles. The lowest BCUT2D eigenvalue weighted by Crippen LogP contribution is -2.01. The minimum atomic E-state index is -0.442. The van der Waals surface area contributed by atoms with Crippen LogP contribution < -0.4 is 0 Å². The lowest BCUT2D eigenvalue weighted by molar-refractivity contribution is -0.384. The van der Waals surface area contributed by atoms with Crippen molar-refractivity contribution in [3.63, 3.8) is 0 Å². The van der Waals surface area contributed by atoms with E-state index in [2.05, 4.69) is 0 Å². The Hall–Kier alpha value is -1.95. The molecule has 0 bridgehead atoms. The van der Waals surface area contributed by atoms with Crippen LogP contribution in [0.1, 0.15) is 23.5 Å². The van der Waals surface area contributed by atoms with Crippen LogP contribution in [0.4, 0.5) is 5.69 Å². The van der Waals surface area contributed by atoms with Crippen molar-refractivity contribution < 1.29 is 14.4 Å². The molecule has 1 aliphatic rings. The van der Waals surface area contributed by atoms with E-state index in [1.54, 1.807) is 24.3 Å². The number of hydrogen-bond donors (Lipinski definition) is 0. The zero-order valence-corrected chi connectivity index (χ0v) is 11.7. The van der Waals surface area contributed by atoms with Gasteiger partial charge in [-0.15, -0.1) is 0 Å². The van der Waals surface area contributed by atoms with E-state index in [1.807, 2.05) is 12.1 Å². The second kappa shape index (κ2) is 5.81. The standard InChI is InChI=1S/C15H12ClNO4/c16-12-5-1-11(2-6-12)15-20-9-14(21-15)10-3-7-13(8-4-10)17(18)19/h1-8,14-15H,9H2/t14-,15-/m1/s1. The Balaban J connectivity index is 1.71. The molecule has 108 valence electrons. The van der Waals surface area contributed by atoms with Gasteiger partial charge in [0.05, 0.1) is 11.5 Å². The van der Waals surface area contributed by atoms with Crippen molar-refractivity contribution in [2.24, 2.45) is 0 Å². The maximum atomic E-state index is 10.6. The van der Waals surface area contributed by atoms with Crippen LogP contribution in [-0.2, 0) is 9.47 Å². The van der Waals surface area contributed by atoms with Gasteiger partial charge in [-0.2, -0.15) is 0 Å². The Labute approximate surface area is 126 Å². The van der Waals surface area contributed by atoms with E-state index in [0.29, 0.717) is 11.6 Å².